The van der Waals surface area contributed by atoms with Crippen molar-refractivity contribution in [2.24, 2.45) is 0 Å². The maximum atomic E-state index is 9.04. The number of nitrogens with one attached hydrogen (secondary N) is 1. The van der Waals surface area contributed by atoms with Crippen LogP contribution in [-0.4, -0.2) is 42.2 Å². The Labute approximate surface area is 128 Å². The van der Waals surface area contributed by atoms with Crippen LogP contribution < -0.4 is 0 Å². The summed E-state index contributed by atoms with van der Waals surface area (Å²) >= 11 is 0. The van der Waals surface area contributed by atoms with Crippen molar-refractivity contribution in [3.05, 3.63) is 23.9 Å². The summed E-state index contributed by atoms with van der Waals surface area (Å²) < 4.78 is 5.28. The number of ether oxygens (including phenoxy) is 1. The van der Waals surface area contributed by atoms with Gasteiger partial charge in [0, 0.05) is 13.1 Å². The first-order valence-corrected chi connectivity index (χ1v) is 7.54. The molecule has 0 atom stereocenters. The van der Waals surface area contributed by atoms with Crippen molar-refractivity contribution in [2.45, 2.75) is 39.5 Å². The standard InChI is InChI=1S/C16H27N3O2/c1-3-5-6-7-13-21-16(18)15(14-17)9-8-10-19(4-2)11-12-20/h8-10,18,20H,3-7,11-13H2,1-2H3/b10-8+,15-9+,18-16?. The van der Waals surface area contributed by atoms with Gasteiger partial charge in [-0.15, -0.1) is 0 Å². The van der Waals surface area contributed by atoms with Gasteiger partial charge in [-0.1, -0.05) is 26.2 Å². The van der Waals surface area contributed by atoms with E-state index in [2.05, 4.69) is 6.92 Å². The zero-order valence-corrected chi connectivity index (χ0v) is 13.1. The first-order valence-electron chi connectivity index (χ1n) is 7.54. The smallest absolute Gasteiger partial charge is 0.224 e. The van der Waals surface area contributed by atoms with Crippen LogP contribution in [0.25, 0.3) is 0 Å². The van der Waals surface area contributed by atoms with Crippen LogP contribution in [0.4, 0.5) is 0 Å². The van der Waals surface area contributed by atoms with Gasteiger partial charge in [-0.25, -0.2) is 0 Å². The van der Waals surface area contributed by atoms with Crippen LogP contribution in [-0.2, 0) is 4.74 Å². The van der Waals surface area contributed by atoms with Crippen molar-refractivity contribution in [1.29, 1.82) is 10.7 Å². The van der Waals surface area contributed by atoms with Crippen LogP contribution in [0.2, 0.25) is 0 Å². The molecule has 0 aromatic heterocycles. The second-order valence-electron chi connectivity index (χ2n) is 4.62. The Morgan fingerprint density at radius 3 is 2.67 bits per heavy atom. The van der Waals surface area contributed by atoms with Crippen molar-refractivity contribution in [2.75, 3.05) is 26.3 Å². The molecule has 0 saturated carbocycles. The maximum Gasteiger partial charge on any atom is 0.224 e. The fourth-order valence-electron chi connectivity index (χ4n) is 1.67. The van der Waals surface area contributed by atoms with Gasteiger partial charge < -0.3 is 14.7 Å². The summed E-state index contributed by atoms with van der Waals surface area (Å²) in [4.78, 5) is 1.92. The molecule has 0 saturated heterocycles. The van der Waals surface area contributed by atoms with Crippen LogP contribution >= 0.6 is 0 Å². The Bertz CT molecular complexity index is 383. The van der Waals surface area contributed by atoms with E-state index in [1.807, 2.05) is 17.9 Å². The van der Waals surface area contributed by atoms with Crippen LogP contribution in [0, 0.1) is 16.7 Å². The van der Waals surface area contributed by atoms with E-state index in [1.165, 1.54) is 0 Å². The Balaban J connectivity index is 4.28. The lowest BCUT2D eigenvalue weighted by atomic mass is 10.2. The van der Waals surface area contributed by atoms with E-state index in [4.69, 9.17) is 20.5 Å². The summed E-state index contributed by atoms with van der Waals surface area (Å²) in [5, 5.41) is 25.6. The van der Waals surface area contributed by atoms with Crippen LogP contribution in [0.1, 0.15) is 39.5 Å². The van der Waals surface area contributed by atoms with E-state index >= 15 is 0 Å². The van der Waals surface area contributed by atoms with E-state index in [-0.39, 0.29) is 18.1 Å². The number of nitriles is 1. The molecule has 0 heterocycles. The van der Waals surface area contributed by atoms with E-state index < -0.39 is 0 Å². The van der Waals surface area contributed by atoms with Gasteiger partial charge >= 0.3 is 0 Å². The Kier molecular flexibility index (Phi) is 12.1. The van der Waals surface area contributed by atoms with Gasteiger partial charge in [-0.05, 0) is 31.7 Å². The molecule has 0 aliphatic carbocycles. The summed E-state index contributed by atoms with van der Waals surface area (Å²) in [6.07, 6.45) is 9.38. The van der Waals surface area contributed by atoms with Gasteiger partial charge in [-0.3, -0.25) is 5.41 Å². The molecule has 0 rings (SSSR count). The van der Waals surface area contributed by atoms with Gasteiger partial charge in [0.2, 0.25) is 5.90 Å². The largest absolute Gasteiger partial charge is 0.477 e. The topological polar surface area (TPSA) is 80.3 Å². The van der Waals surface area contributed by atoms with Gasteiger partial charge in [0.05, 0.1) is 13.2 Å². The molecule has 0 aromatic rings. The quantitative estimate of drug-likeness (QED) is 0.202. The summed E-state index contributed by atoms with van der Waals surface area (Å²) in [7, 11) is 0. The highest BCUT2D eigenvalue weighted by Crippen LogP contribution is 2.03. The van der Waals surface area contributed by atoms with Crippen LogP contribution in [0.5, 0.6) is 0 Å². The molecule has 21 heavy (non-hydrogen) atoms. The highest BCUT2D eigenvalue weighted by atomic mass is 16.5. The first kappa shape index (κ1) is 19.2. The van der Waals surface area contributed by atoms with Crippen LogP contribution in [0.3, 0.4) is 0 Å². The van der Waals surface area contributed by atoms with Crippen molar-refractivity contribution in [1.82, 2.24) is 4.90 Å². The van der Waals surface area contributed by atoms with Crippen molar-refractivity contribution in [3.8, 4) is 6.07 Å². The summed E-state index contributed by atoms with van der Waals surface area (Å²) in [5.74, 6) is -0.0798. The van der Waals surface area contributed by atoms with Gasteiger partial charge in [-0.2, -0.15) is 5.26 Å². The third-order valence-corrected chi connectivity index (χ3v) is 2.96. The number of nitrogens with zero attached hydrogens (tertiary/aromatic N) is 2. The Morgan fingerprint density at radius 1 is 1.33 bits per heavy atom. The molecular weight excluding hydrogens is 266 g/mol. The zero-order valence-electron chi connectivity index (χ0n) is 13.1. The number of rotatable bonds is 11. The second-order valence-corrected chi connectivity index (χ2v) is 4.62. The van der Waals surface area contributed by atoms with Crippen molar-refractivity contribution in [3.63, 3.8) is 0 Å². The summed E-state index contributed by atoms with van der Waals surface area (Å²) in [6.45, 7) is 6.02. The first-order chi connectivity index (χ1) is 10.2. The third-order valence-electron chi connectivity index (χ3n) is 2.96. The average Bonchev–Trinajstić information content (AvgIpc) is 2.50. The van der Waals surface area contributed by atoms with E-state index in [9.17, 15) is 0 Å². The molecule has 0 amide bonds. The molecular formula is C16H27N3O2. The SMILES string of the molecule is CCCCCCOC(=N)/C(C#N)=C/C=C/N(CC)CCO. The number of aliphatic hydroxyl groups is 1. The monoisotopic (exact) mass is 293 g/mol. The molecule has 0 aliphatic heterocycles. The van der Waals surface area contributed by atoms with E-state index in [1.54, 1.807) is 18.4 Å². The molecule has 118 valence electrons. The minimum Gasteiger partial charge on any atom is -0.477 e. The minimum absolute atomic E-state index is 0.0798. The van der Waals surface area contributed by atoms with Gasteiger partial charge in [0.1, 0.15) is 11.6 Å². The average molecular weight is 293 g/mol. The molecule has 0 radical (unpaired) electrons. The fourth-order valence-corrected chi connectivity index (χ4v) is 1.67. The van der Waals surface area contributed by atoms with E-state index in [0.29, 0.717) is 13.2 Å². The molecule has 0 spiro atoms. The number of likely N-dealkylation sites (N-methyl/N-ethyl adjacent to an activating group) is 1. The third kappa shape index (κ3) is 9.69. The Hall–Kier alpha value is -1.80. The number of hydrogen-bond acceptors (Lipinski definition) is 5. The maximum absolute atomic E-state index is 9.04. The molecule has 2 N–H and O–H groups in total. The second kappa shape index (κ2) is 13.2. The van der Waals surface area contributed by atoms with Gasteiger partial charge in [0.25, 0.3) is 0 Å². The molecule has 0 fully saturated rings. The molecule has 5 nitrogen and oxygen atoms in total. The summed E-state index contributed by atoms with van der Waals surface area (Å²) in [6, 6.07) is 1.97. The highest BCUT2D eigenvalue weighted by Gasteiger charge is 2.04. The fraction of sp³-hybridized carbons (Fsp3) is 0.625. The normalized spacial score (nSPS) is 11.4. The van der Waals surface area contributed by atoms with Crippen LogP contribution in [0.15, 0.2) is 23.9 Å². The minimum atomic E-state index is -0.0798. The Morgan fingerprint density at radius 2 is 2.10 bits per heavy atom. The molecule has 0 aliphatic rings. The van der Waals surface area contributed by atoms with Gasteiger partial charge in [0.15, 0.2) is 0 Å². The number of unbranched alkanes of at least 4 members (excludes halogenated alkanes) is 3. The van der Waals surface area contributed by atoms with E-state index in [0.717, 1.165) is 32.2 Å². The van der Waals surface area contributed by atoms with Crippen molar-refractivity contribution >= 4 is 5.90 Å². The molecule has 0 bridgehead atoms. The molecule has 0 aromatic carbocycles. The lowest BCUT2D eigenvalue weighted by Crippen LogP contribution is -2.20. The number of hydrogen-bond donors (Lipinski definition) is 2. The predicted octanol–water partition coefficient (Wildman–Crippen LogP) is 2.84. The number of allylic oxidation sites excluding steroid dienone is 2. The molecule has 5 heteroatoms. The zero-order chi connectivity index (χ0) is 15.9. The lowest BCUT2D eigenvalue weighted by molar-refractivity contribution is 0.241. The molecule has 0 unspecified atom stereocenters. The number of aliphatic hydroxyl groups excluding tert-OH is 1. The lowest BCUT2D eigenvalue weighted by Gasteiger charge is -2.15. The predicted molar refractivity (Wildman–Crippen MR) is 85.0 cm³/mol. The van der Waals surface area contributed by atoms with Crippen molar-refractivity contribution < 1.29 is 9.84 Å². The summed E-state index contributed by atoms with van der Waals surface area (Å²) in [5.41, 5.74) is 0.210. The highest BCUT2D eigenvalue weighted by molar-refractivity contribution is 5.95.